The van der Waals surface area contributed by atoms with Gasteiger partial charge in [0.05, 0.1) is 11.4 Å². The minimum atomic E-state index is 0.0188. The van der Waals surface area contributed by atoms with Crippen molar-refractivity contribution in [1.82, 2.24) is 4.98 Å². The summed E-state index contributed by atoms with van der Waals surface area (Å²) in [4.78, 5) is 21.8. The van der Waals surface area contributed by atoms with Gasteiger partial charge in [0, 0.05) is 25.3 Å². The Morgan fingerprint density at radius 3 is 2.65 bits per heavy atom. The summed E-state index contributed by atoms with van der Waals surface area (Å²) >= 11 is 0. The zero-order valence-corrected chi connectivity index (χ0v) is 13.4. The lowest BCUT2D eigenvalue weighted by Gasteiger charge is -2.38. The van der Waals surface area contributed by atoms with Crippen molar-refractivity contribution < 1.29 is 4.79 Å². The molecule has 2 aliphatic rings. The predicted octanol–water partition coefficient (Wildman–Crippen LogP) is 3.27. The molecule has 0 N–H and O–H groups in total. The van der Waals surface area contributed by atoms with Crippen molar-refractivity contribution in [2.75, 3.05) is 22.9 Å². The molecule has 4 heteroatoms. The van der Waals surface area contributed by atoms with Gasteiger partial charge in [-0.2, -0.15) is 0 Å². The van der Waals surface area contributed by atoms with Gasteiger partial charge in [-0.15, -0.1) is 0 Å². The third-order valence-corrected chi connectivity index (χ3v) is 4.75. The van der Waals surface area contributed by atoms with Gasteiger partial charge in [-0.05, 0) is 43.0 Å². The maximum atomic E-state index is 13.1. The molecule has 1 aliphatic heterocycles. The fourth-order valence-corrected chi connectivity index (χ4v) is 3.40. The number of hydrogen-bond donors (Lipinski definition) is 0. The lowest BCUT2D eigenvalue weighted by Crippen LogP contribution is -2.45. The minimum Gasteiger partial charge on any atom is -0.365 e. The average molecular weight is 307 g/mol. The Hall–Kier alpha value is -2.36. The predicted molar refractivity (Wildman–Crippen MR) is 92.1 cm³/mol. The van der Waals surface area contributed by atoms with Gasteiger partial charge in [-0.3, -0.25) is 9.78 Å². The fourth-order valence-electron chi connectivity index (χ4n) is 3.40. The summed E-state index contributed by atoms with van der Waals surface area (Å²) in [5, 5.41) is 0. The smallest absolute Gasteiger partial charge is 0.277 e. The number of benzene rings is 1. The number of aryl methyl sites for hydroxylation is 1. The number of carbonyl (C=O) groups is 1. The third kappa shape index (κ3) is 2.48. The summed E-state index contributed by atoms with van der Waals surface area (Å²) < 4.78 is 0. The summed E-state index contributed by atoms with van der Waals surface area (Å²) in [7, 11) is 0. The molecule has 4 rings (SSSR count). The number of carbonyl (C=O) groups excluding carboxylic acids is 1. The van der Waals surface area contributed by atoms with Crippen molar-refractivity contribution in [2.45, 2.75) is 32.2 Å². The van der Waals surface area contributed by atoms with Crippen LogP contribution in [0.5, 0.6) is 0 Å². The van der Waals surface area contributed by atoms with Gasteiger partial charge in [-0.25, -0.2) is 0 Å². The Kier molecular flexibility index (Phi) is 3.52. The molecule has 1 saturated carbocycles. The zero-order valence-electron chi connectivity index (χ0n) is 13.4. The quantitative estimate of drug-likeness (QED) is 0.873. The first-order valence-corrected chi connectivity index (χ1v) is 8.41. The molecule has 1 aliphatic carbocycles. The van der Waals surface area contributed by atoms with E-state index in [0.717, 1.165) is 30.8 Å². The highest BCUT2D eigenvalue weighted by molar-refractivity contribution is 6.08. The lowest BCUT2D eigenvalue weighted by atomic mass is 10.1. The Morgan fingerprint density at radius 2 is 1.91 bits per heavy atom. The van der Waals surface area contributed by atoms with Crippen LogP contribution in [0.15, 0.2) is 42.6 Å². The van der Waals surface area contributed by atoms with Crippen molar-refractivity contribution in [3.8, 4) is 0 Å². The summed E-state index contributed by atoms with van der Waals surface area (Å²) in [6.45, 7) is 3.69. The SMILES string of the molecule is CCc1cccnc1C(=O)N1CCN(C2CC2)c2ccccc21. The molecule has 2 aromatic rings. The number of fused-ring (bicyclic) bond motifs is 1. The van der Waals surface area contributed by atoms with Crippen LogP contribution in [0.4, 0.5) is 11.4 Å². The van der Waals surface area contributed by atoms with Crippen molar-refractivity contribution in [3.05, 3.63) is 53.9 Å². The van der Waals surface area contributed by atoms with Crippen molar-refractivity contribution in [3.63, 3.8) is 0 Å². The zero-order chi connectivity index (χ0) is 15.8. The van der Waals surface area contributed by atoms with Gasteiger partial charge in [0.25, 0.3) is 5.91 Å². The highest BCUT2D eigenvalue weighted by Crippen LogP contribution is 2.40. The number of pyridine rings is 1. The van der Waals surface area contributed by atoms with Crippen LogP contribution in [0.1, 0.15) is 35.8 Å². The minimum absolute atomic E-state index is 0.0188. The van der Waals surface area contributed by atoms with Gasteiger partial charge in [0.1, 0.15) is 5.69 Å². The molecule has 0 radical (unpaired) electrons. The van der Waals surface area contributed by atoms with E-state index in [2.05, 4.69) is 35.0 Å². The van der Waals surface area contributed by atoms with E-state index in [9.17, 15) is 4.79 Å². The number of para-hydroxylation sites is 2. The summed E-state index contributed by atoms with van der Waals surface area (Å²) in [5.41, 5.74) is 3.80. The molecule has 0 spiro atoms. The number of aromatic nitrogens is 1. The monoisotopic (exact) mass is 307 g/mol. The maximum Gasteiger partial charge on any atom is 0.277 e. The molecule has 1 aromatic carbocycles. The van der Waals surface area contributed by atoms with Crippen molar-refractivity contribution in [2.24, 2.45) is 0 Å². The van der Waals surface area contributed by atoms with E-state index in [1.54, 1.807) is 6.20 Å². The van der Waals surface area contributed by atoms with E-state index in [0.29, 0.717) is 11.7 Å². The topological polar surface area (TPSA) is 36.4 Å². The van der Waals surface area contributed by atoms with Crippen LogP contribution in [0.3, 0.4) is 0 Å². The molecule has 0 unspecified atom stereocenters. The molecule has 0 saturated heterocycles. The van der Waals surface area contributed by atoms with E-state index < -0.39 is 0 Å². The Morgan fingerprint density at radius 1 is 1.13 bits per heavy atom. The third-order valence-electron chi connectivity index (χ3n) is 4.75. The molecule has 4 nitrogen and oxygen atoms in total. The van der Waals surface area contributed by atoms with Crippen LogP contribution in [0.2, 0.25) is 0 Å². The number of amides is 1. The second-order valence-corrected chi connectivity index (χ2v) is 6.23. The van der Waals surface area contributed by atoms with E-state index in [1.807, 2.05) is 23.1 Å². The average Bonchev–Trinajstić information content (AvgIpc) is 3.45. The molecule has 0 atom stereocenters. The fraction of sp³-hybridized carbons (Fsp3) is 0.368. The Bertz CT molecular complexity index is 739. The molecule has 118 valence electrons. The van der Waals surface area contributed by atoms with Crippen LogP contribution in [0.25, 0.3) is 0 Å². The van der Waals surface area contributed by atoms with E-state index >= 15 is 0 Å². The van der Waals surface area contributed by atoms with Gasteiger partial charge < -0.3 is 9.80 Å². The second-order valence-electron chi connectivity index (χ2n) is 6.23. The summed E-state index contributed by atoms with van der Waals surface area (Å²) in [6.07, 6.45) is 5.06. The van der Waals surface area contributed by atoms with Crippen LogP contribution < -0.4 is 9.80 Å². The standard InChI is InChI=1S/C19H21N3O/c1-2-14-6-5-11-20-18(14)19(23)22-13-12-21(15-9-10-15)16-7-3-4-8-17(16)22/h3-8,11,15H,2,9-10,12-13H2,1H3. The maximum absolute atomic E-state index is 13.1. The van der Waals surface area contributed by atoms with Crippen LogP contribution in [-0.4, -0.2) is 30.0 Å². The first kappa shape index (κ1) is 14.2. The van der Waals surface area contributed by atoms with Gasteiger partial charge in [-0.1, -0.05) is 25.1 Å². The Labute approximate surface area is 136 Å². The summed E-state index contributed by atoms with van der Waals surface area (Å²) in [6, 6.07) is 12.8. The van der Waals surface area contributed by atoms with Crippen LogP contribution >= 0.6 is 0 Å². The molecule has 2 heterocycles. The second kappa shape index (κ2) is 5.69. The van der Waals surface area contributed by atoms with Gasteiger partial charge in [0.15, 0.2) is 0 Å². The van der Waals surface area contributed by atoms with Gasteiger partial charge in [0.2, 0.25) is 0 Å². The highest BCUT2D eigenvalue weighted by atomic mass is 16.2. The van der Waals surface area contributed by atoms with Crippen molar-refractivity contribution in [1.29, 1.82) is 0 Å². The lowest BCUT2D eigenvalue weighted by molar-refractivity contribution is 0.0981. The van der Waals surface area contributed by atoms with Crippen molar-refractivity contribution >= 4 is 17.3 Å². The Balaban J connectivity index is 1.71. The number of hydrogen-bond acceptors (Lipinski definition) is 3. The molecule has 1 fully saturated rings. The molecule has 0 bridgehead atoms. The largest absolute Gasteiger partial charge is 0.365 e. The first-order valence-electron chi connectivity index (χ1n) is 8.41. The van der Waals surface area contributed by atoms with E-state index in [-0.39, 0.29) is 5.91 Å². The first-order chi connectivity index (χ1) is 11.3. The molecular weight excluding hydrogens is 286 g/mol. The number of rotatable bonds is 3. The van der Waals surface area contributed by atoms with Crippen LogP contribution in [-0.2, 0) is 6.42 Å². The molecule has 1 amide bonds. The van der Waals surface area contributed by atoms with E-state index in [1.165, 1.54) is 18.5 Å². The normalized spacial score (nSPS) is 17.1. The van der Waals surface area contributed by atoms with E-state index in [4.69, 9.17) is 0 Å². The molecule has 1 aromatic heterocycles. The number of anilines is 2. The van der Waals surface area contributed by atoms with Crippen LogP contribution in [0, 0.1) is 0 Å². The summed E-state index contributed by atoms with van der Waals surface area (Å²) in [5.74, 6) is 0.0188. The highest BCUT2D eigenvalue weighted by Gasteiger charge is 2.35. The number of nitrogens with zero attached hydrogens (tertiary/aromatic N) is 3. The van der Waals surface area contributed by atoms with Gasteiger partial charge >= 0.3 is 0 Å². The molecule has 23 heavy (non-hydrogen) atoms. The molecular formula is C19H21N3O.